The first-order chi connectivity index (χ1) is 8.09. The number of likely N-dealkylation sites (N-methyl/N-ethyl adjacent to an activating group) is 1. The maximum atomic E-state index is 11.8. The molecule has 1 atom stereocenters. The average molecular weight is 240 g/mol. The number of carbonyl (C=O) groups excluding carboxylic acids is 1. The first kappa shape index (κ1) is 14.0. The van der Waals surface area contributed by atoms with E-state index in [1.165, 1.54) is 0 Å². The van der Waals surface area contributed by atoms with Crippen LogP contribution in [0.1, 0.15) is 34.1 Å². The van der Waals surface area contributed by atoms with Crippen LogP contribution in [0.15, 0.2) is 11.5 Å². The summed E-state index contributed by atoms with van der Waals surface area (Å²) in [7, 11) is 2.05. The first-order valence-corrected chi connectivity index (χ1v) is 6.44. The zero-order chi connectivity index (χ0) is 13.0. The molecule has 2 rings (SSSR count). The summed E-state index contributed by atoms with van der Waals surface area (Å²) in [6.45, 7) is 10.7. The number of carbonyl (C=O) groups is 1. The largest absolute Gasteiger partial charge is 0.428 e. The van der Waals surface area contributed by atoms with Gasteiger partial charge < -0.3 is 14.5 Å². The van der Waals surface area contributed by atoms with E-state index in [2.05, 4.69) is 16.8 Å². The summed E-state index contributed by atoms with van der Waals surface area (Å²) in [6.07, 6.45) is 1.10. The molecule has 0 N–H and O–H groups in total. The van der Waals surface area contributed by atoms with E-state index < -0.39 is 0 Å². The molecule has 17 heavy (non-hydrogen) atoms. The molecule has 0 aromatic carbocycles. The SMILES string of the molecule is CC.CC1=C(C)N2CCCN(C)CC2C(=O)O1. The molecular formula is C13H24N2O2. The lowest BCUT2D eigenvalue weighted by molar-refractivity contribution is -0.148. The topological polar surface area (TPSA) is 32.8 Å². The Morgan fingerprint density at radius 1 is 1.24 bits per heavy atom. The predicted molar refractivity (Wildman–Crippen MR) is 68.4 cm³/mol. The second-order valence-electron chi connectivity index (χ2n) is 4.39. The Labute approximate surface area is 104 Å². The smallest absolute Gasteiger partial charge is 0.335 e. The number of nitrogens with zero attached hydrogens (tertiary/aromatic N) is 2. The fourth-order valence-electron chi connectivity index (χ4n) is 2.25. The number of fused-ring (bicyclic) bond motifs is 1. The van der Waals surface area contributed by atoms with Gasteiger partial charge in [-0.15, -0.1) is 0 Å². The zero-order valence-corrected chi connectivity index (χ0v) is 11.6. The van der Waals surface area contributed by atoms with Crippen molar-refractivity contribution < 1.29 is 9.53 Å². The predicted octanol–water partition coefficient (Wildman–Crippen LogP) is 1.83. The third-order valence-electron chi connectivity index (χ3n) is 3.27. The van der Waals surface area contributed by atoms with Gasteiger partial charge in [-0.2, -0.15) is 0 Å². The molecule has 4 nitrogen and oxygen atoms in total. The highest BCUT2D eigenvalue weighted by Gasteiger charge is 2.35. The van der Waals surface area contributed by atoms with Gasteiger partial charge in [-0.05, 0) is 33.9 Å². The van der Waals surface area contributed by atoms with E-state index >= 15 is 0 Å². The molecule has 0 aromatic rings. The number of ether oxygens (including phenoxy) is 1. The van der Waals surface area contributed by atoms with Gasteiger partial charge in [-0.3, -0.25) is 0 Å². The lowest BCUT2D eigenvalue weighted by Crippen LogP contribution is -2.48. The monoisotopic (exact) mass is 240 g/mol. The number of hydrogen-bond acceptors (Lipinski definition) is 4. The Hall–Kier alpha value is -1.03. The highest BCUT2D eigenvalue weighted by molar-refractivity contribution is 5.78. The van der Waals surface area contributed by atoms with Crippen molar-refractivity contribution >= 4 is 5.97 Å². The molecule has 0 bridgehead atoms. The maximum absolute atomic E-state index is 11.8. The third kappa shape index (κ3) is 3.00. The van der Waals surface area contributed by atoms with Gasteiger partial charge in [0.15, 0.2) is 0 Å². The summed E-state index contributed by atoms with van der Waals surface area (Å²) in [5.41, 5.74) is 1.11. The molecule has 0 spiro atoms. The van der Waals surface area contributed by atoms with E-state index in [1.54, 1.807) is 0 Å². The van der Waals surface area contributed by atoms with Crippen molar-refractivity contribution in [3.63, 3.8) is 0 Å². The van der Waals surface area contributed by atoms with Crippen molar-refractivity contribution in [3.05, 3.63) is 11.5 Å². The van der Waals surface area contributed by atoms with E-state index in [-0.39, 0.29) is 12.0 Å². The van der Waals surface area contributed by atoms with Crippen LogP contribution in [0, 0.1) is 0 Å². The molecule has 0 amide bonds. The van der Waals surface area contributed by atoms with Crippen LogP contribution in [0.2, 0.25) is 0 Å². The lowest BCUT2D eigenvalue weighted by Gasteiger charge is -2.36. The van der Waals surface area contributed by atoms with Crippen molar-refractivity contribution in [1.82, 2.24) is 9.80 Å². The van der Waals surface area contributed by atoms with Crippen molar-refractivity contribution in [2.45, 2.75) is 40.2 Å². The second kappa shape index (κ2) is 6.05. The van der Waals surface area contributed by atoms with Crippen LogP contribution >= 0.6 is 0 Å². The molecule has 1 saturated heterocycles. The molecule has 0 aliphatic carbocycles. The second-order valence-corrected chi connectivity index (χ2v) is 4.39. The summed E-state index contributed by atoms with van der Waals surface area (Å²) in [6, 6.07) is -0.110. The summed E-state index contributed by atoms with van der Waals surface area (Å²) >= 11 is 0. The van der Waals surface area contributed by atoms with Crippen LogP contribution in [0.3, 0.4) is 0 Å². The quantitative estimate of drug-likeness (QED) is 0.605. The Kier molecular flexibility index (Phi) is 5.00. The van der Waals surface area contributed by atoms with E-state index in [9.17, 15) is 4.79 Å². The van der Waals surface area contributed by atoms with Crippen molar-refractivity contribution in [1.29, 1.82) is 0 Å². The Balaban J connectivity index is 0.000000686. The van der Waals surface area contributed by atoms with Gasteiger partial charge >= 0.3 is 5.97 Å². The number of esters is 1. The highest BCUT2D eigenvalue weighted by atomic mass is 16.5. The highest BCUT2D eigenvalue weighted by Crippen LogP contribution is 2.24. The Bertz CT molecular complexity index is 313. The zero-order valence-electron chi connectivity index (χ0n) is 11.6. The molecule has 98 valence electrons. The summed E-state index contributed by atoms with van der Waals surface area (Å²) in [4.78, 5) is 16.1. The summed E-state index contributed by atoms with van der Waals surface area (Å²) < 4.78 is 5.24. The Morgan fingerprint density at radius 3 is 2.53 bits per heavy atom. The van der Waals surface area contributed by atoms with E-state index in [1.807, 2.05) is 27.7 Å². The molecule has 0 aromatic heterocycles. The lowest BCUT2D eigenvalue weighted by atomic mass is 10.1. The average Bonchev–Trinajstić information content (AvgIpc) is 2.51. The van der Waals surface area contributed by atoms with Crippen LogP contribution in [-0.4, -0.2) is 48.5 Å². The number of allylic oxidation sites excluding steroid dienone is 2. The van der Waals surface area contributed by atoms with Crippen molar-refractivity contribution in [2.24, 2.45) is 0 Å². The first-order valence-electron chi connectivity index (χ1n) is 6.44. The number of cyclic esters (lactones) is 1. The minimum Gasteiger partial charge on any atom is -0.428 e. The molecule has 1 fully saturated rings. The van der Waals surface area contributed by atoms with E-state index in [0.717, 1.165) is 37.5 Å². The molecule has 4 heteroatoms. The van der Waals surface area contributed by atoms with Crippen LogP contribution < -0.4 is 0 Å². The third-order valence-corrected chi connectivity index (χ3v) is 3.27. The summed E-state index contributed by atoms with van der Waals surface area (Å²) in [5, 5.41) is 0. The van der Waals surface area contributed by atoms with Gasteiger partial charge in [-0.25, -0.2) is 4.79 Å². The van der Waals surface area contributed by atoms with Gasteiger partial charge in [0, 0.05) is 18.8 Å². The number of rotatable bonds is 0. The van der Waals surface area contributed by atoms with Crippen LogP contribution in [0.5, 0.6) is 0 Å². The Morgan fingerprint density at radius 2 is 1.88 bits per heavy atom. The fourth-order valence-corrected chi connectivity index (χ4v) is 2.25. The van der Waals surface area contributed by atoms with Gasteiger partial charge in [0.1, 0.15) is 11.8 Å². The van der Waals surface area contributed by atoms with Gasteiger partial charge in [0.05, 0.1) is 0 Å². The molecule has 0 saturated carbocycles. The molecule has 2 aliphatic heterocycles. The van der Waals surface area contributed by atoms with Gasteiger partial charge in [0.25, 0.3) is 0 Å². The minimum atomic E-state index is -0.110. The molecule has 2 aliphatic rings. The molecular weight excluding hydrogens is 216 g/mol. The fraction of sp³-hybridized carbons (Fsp3) is 0.769. The standard InChI is InChI=1S/C11H18N2O2.C2H6/c1-8-9(2)15-11(14)10-7-12(3)5-4-6-13(8)10;1-2/h10H,4-7H2,1-3H3;1-2H3. The number of hydrogen-bond donors (Lipinski definition) is 0. The van der Waals surface area contributed by atoms with Crippen LogP contribution in [0.4, 0.5) is 0 Å². The van der Waals surface area contributed by atoms with E-state index in [0.29, 0.717) is 0 Å². The maximum Gasteiger partial charge on any atom is 0.335 e. The molecule has 1 unspecified atom stereocenters. The van der Waals surface area contributed by atoms with Crippen LogP contribution in [0.25, 0.3) is 0 Å². The molecule has 2 heterocycles. The van der Waals surface area contributed by atoms with Gasteiger partial charge in [0.2, 0.25) is 0 Å². The summed E-state index contributed by atoms with van der Waals surface area (Å²) in [5.74, 6) is 0.646. The van der Waals surface area contributed by atoms with Crippen molar-refractivity contribution in [3.8, 4) is 0 Å². The normalized spacial score (nSPS) is 25.6. The minimum absolute atomic E-state index is 0.105. The molecule has 0 radical (unpaired) electrons. The van der Waals surface area contributed by atoms with E-state index in [4.69, 9.17) is 4.74 Å². The van der Waals surface area contributed by atoms with Crippen molar-refractivity contribution in [2.75, 3.05) is 26.7 Å². The van der Waals surface area contributed by atoms with Crippen LogP contribution in [-0.2, 0) is 9.53 Å². The van der Waals surface area contributed by atoms with Gasteiger partial charge in [-0.1, -0.05) is 13.8 Å².